The van der Waals surface area contributed by atoms with Crippen LogP contribution in [0.1, 0.15) is 40.2 Å². The fourth-order valence-electron chi connectivity index (χ4n) is 3.31. The lowest BCUT2D eigenvalue weighted by Crippen LogP contribution is -2.31. The van der Waals surface area contributed by atoms with Crippen LogP contribution >= 0.6 is 0 Å². The van der Waals surface area contributed by atoms with Crippen molar-refractivity contribution in [2.75, 3.05) is 7.11 Å². The van der Waals surface area contributed by atoms with E-state index in [0.717, 1.165) is 29.7 Å². The number of ether oxygens (including phenoxy) is 1. The summed E-state index contributed by atoms with van der Waals surface area (Å²) in [6.45, 7) is 0.850. The maximum absolute atomic E-state index is 13.2. The number of nitrogens with zero attached hydrogens (tertiary/aromatic N) is 2. The average Bonchev–Trinajstić information content (AvgIpc) is 3.56. The van der Waals surface area contributed by atoms with Gasteiger partial charge in [0.25, 0.3) is 5.91 Å². The number of amides is 2. The number of benzene rings is 2. The lowest BCUT2D eigenvalue weighted by atomic mass is 10.2. The molecule has 0 aliphatic heterocycles. The van der Waals surface area contributed by atoms with Crippen molar-refractivity contribution in [3.8, 4) is 5.75 Å². The van der Waals surface area contributed by atoms with E-state index >= 15 is 0 Å². The van der Waals surface area contributed by atoms with Crippen molar-refractivity contribution < 1.29 is 23.2 Å². The summed E-state index contributed by atoms with van der Waals surface area (Å²) in [4.78, 5) is 26.8. The quantitative estimate of drug-likeness (QED) is 0.552. The minimum Gasteiger partial charge on any atom is -0.497 e. The fourth-order valence-corrected chi connectivity index (χ4v) is 3.31. The van der Waals surface area contributed by atoms with Crippen molar-refractivity contribution in [2.45, 2.75) is 32.5 Å². The van der Waals surface area contributed by atoms with Crippen LogP contribution in [0, 0.1) is 11.7 Å². The number of rotatable bonds is 9. The third-order valence-corrected chi connectivity index (χ3v) is 5.28. The van der Waals surface area contributed by atoms with Crippen LogP contribution in [0.2, 0.25) is 0 Å². The molecule has 8 heteroatoms. The zero-order valence-electron chi connectivity index (χ0n) is 17.7. The molecule has 1 aromatic heterocycles. The Morgan fingerprint density at radius 3 is 2.44 bits per heavy atom. The Morgan fingerprint density at radius 1 is 1.09 bits per heavy atom. The van der Waals surface area contributed by atoms with Gasteiger partial charge in [-0.25, -0.2) is 4.39 Å². The Kier molecular flexibility index (Phi) is 6.49. The minimum atomic E-state index is -0.366. The molecule has 32 heavy (non-hydrogen) atoms. The smallest absolute Gasteiger partial charge is 0.273 e. The van der Waals surface area contributed by atoms with Crippen LogP contribution < -0.4 is 10.1 Å². The van der Waals surface area contributed by atoms with E-state index in [4.69, 9.17) is 9.26 Å². The first kappa shape index (κ1) is 21.5. The SMILES string of the molecule is COc1ccc(CNC(=O)c2cc(CN(Cc3ccc(F)cc3)C(=O)C3CC3)on2)cc1. The number of aromatic nitrogens is 1. The van der Waals surface area contributed by atoms with Gasteiger partial charge in [-0.15, -0.1) is 0 Å². The van der Waals surface area contributed by atoms with Gasteiger partial charge in [-0.1, -0.05) is 29.4 Å². The molecule has 1 heterocycles. The highest BCUT2D eigenvalue weighted by Gasteiger charge is 2.34. The third-order valence-electron chi connectivity index (χ3n) is 5.28. The average molecular weight is 437 g/mol. The van der Waals surface area contributed by atoms with E-state index in [9.17, 15) is 14.0 Å². The molecule has 4 rings (SSSR count). The molecule has 1 aliphatic carbocycles. The van der Waals surface area contributed by atoms with E-state index in [1.807, 2.05) is 24.3 Å². The second-order valence-electron chi connectivity index (χ2n) is 7.80. The molecule has 1 N–H and O–H groups in total. The Labute approximate surface area is 185 Å². The summed E-state index contributed by atoms with van der Waals surface area (Å²) in [7, 11) is 1.60. The van der Waals surface area contributed by atoms with Crippen LogP contribution in [0.4, 0.5) is 4.39 Å². The van der Waals surface area contributed by atoms with E-state index in [2.05, 4.69) is 10.5 Å². The Morgan fingerprint density at radius 2 is 1.78 bits per heavy atom. The highest BCUT2D eigenvalue weighted by molar-refractivity contribution is 5.92. The summed E-state index contributed by atoms with van der Waals surface area (Å²) in [5.41, 5.74) is 1.88. The molecule has 0 unspecified atom stereocenters. The lowest BCUT2D eigenvalue weighted by molar-refractivity contribution is -0.134. The molecular weight excluding hydrogens is 413 g/mol. The second-order valence-corrected chi connectivity index (χ2v) is 7.80. The number of nitrogens with one attached hydrogen (secondary N) is 1. The summed E-state index contributed by atoms with van der Waals surface area (Å²) in [6, 6.07) is 15.0. The number of hydrogen-bond acceptors (Lipinski definition) is 5. The maximum Gasteiger partial charge on any atom is 0.273 e. The molecule has 1 fully saturated rings. The van der Waals surface area contributed by atoms with Crippen molar-refractivity contribution in [2.24, 2.45) is 5.92 Å². The third kappa shape index (κ3) is 5.51. The normalized spacial score (nSPS) is 12.9. The number of carbonyl (C=O) groups is 2. The number of carbonyl (C=O) groups excluding carboxylic acids is 2. The van der Waals surface area contributed by atoms with Crippen LogP contribution in [0.3, 0.4) is 0 Å². The Bertz CT molecular complexity index is 1080. The summed E-state index contributed by atoms with van der Waals surface area (Å²) < 4.78 is 23.7. The molecule has 0 atom stereocenters. The van der Waals surface area contributed by atoms with Gasteiger partial charge in [0.2, 0.25) is 5.91 Å². The van der Waals surface area contributed by atoms with Crippen molar-refractivity contribution in [1.29, 1.82) is 0 Å². The summed E-state index contributed by atoms with van der Waals surface area (Å²) in [6.07, 6.45) is 1.74. The van der Waals surface area contributed by atoms with Gasteiger partial charge >= 0.3 is 0 Å². The summed E-state index contributed by atoms with van der Waals surface area (Å²) in [5, 5.41) is 6.65. The minimum absolute atomic E-state index is 0.0191. The Balaban J connectivity index is 1.38. The fraction of sp³-hybridized carbons (Fsp3) is 0.292. The topological polar surface area (TPSA) is 84.7 Å². The second kappa shape index (κ2) is 9.64. The molecule has 1 saturated carbocycles. The molecule has 2 aromatic carbocycles. The summed E-state index contributed by atoms with van der Waals surface area (Å²) >= 11 is 0. The Hall–Kier alpha value is -3.68. The van der Waals surface area contributed by atoms with Crippen LogP contribution in [-0.4, -0.2) is 29.0 Å². The van der Waals surface area contributed by atoms with Crippen LogP contribution in [0.15, 0.2) is 59.1 Å². The molecule has 1 aliphatic rings. The zero-order chi connectivity index (χ0) is 22.5. The molecule has 166 valence electrons. The first-order chi connectivity index (χ1) is 15.5. The van der Waals surface area contributed by atoms with Crippen molar-refractivity contribution in [1.82, 2.24) is 15.4 Å². The standard InChI is InChI=1S/C24H24FN3O4/c1-31-20-10-4-16(5-11-20)13-26-23(29)22-12-21(32-27-22)15-28(24(30)18-6-7-18)14-17-2-8-19(25)9-3-17/h2-5,8-12,18H,6-7,13-15H2,1H3,(H,26,29). The molecular formula is C24H24FN3O4. The van der Waals surface area contributed by atoms with Gasteiger partial charge in [0.15, 0.2) is 11.5 Å². The highest BCUT2D eigenvalue weighted by Crippen LogP contribution is 2.32. The molecule has 0 bridgehead atoms. The van der Waals surface area contributed by atoms with Gasteiger partial charge < -0.3 is 19.5 Å². The van der Waals surface area contributed by atoms with Crippen molar-refractivity contribution in [3.05, 3.63) is 83.0 Å². The molecule has 2 amide bonds. The van der Waals surface area contributed by atoms with E-state index < -0.39 is 0 Å². The molecule has 3 aromatic rings. The van der Waals surface area contributed by atoms with E-state index in [0.29, 0.717) is 18.8 Å². The van der Waals surface area contributed by atoms with E-state index in [-0.39, 0.29) is 35.8 Å². The predicted octanol–water partition coefficient (Wildman–Crippen LogP) is 3.69. The maximum atomic E-state index is 13.2. The largest absolute Gasteiger partial charge is 0.497 e. The number of hydrogen-bond donors (Lipinski definition) is 1. The first-order valence-electron chi connectivity index (χ1n) is 10.4. The van der Waals surface area contributed by atoms with E-state index in [1.54, 1.807) is 30.2 Å². The van der Waals surface area contributed by atoms with Crippen molar-refractivity contribution >= 4 is 11.8 Å². The molecule has 0 saturated heterocycles. The van der Waals surface area contributed by atoms with Gasteiger partial charge in [0.1, 0.15) is 11.6 Å². The first-order valence-corrected chi connectivity index (χ1v) is 10.4. The highest BCUT2D eigenvalue weighted by atomic mass is 19.1. The monoisotopic (exact) mass is 437 g/mol. The van der Waals surface area contributed by atoms with Gasteiger partial charge in [0.05, 0.1) is 13.7 Å². The van der Waals surface area contributed by atoms with Crippen LogP contribution in [0.25, 0.3) is 0 Å². The number of methoxy groups -OCH3 is 1. The summed E-state index contributed by atoms with van der Waals surface area (Å²) in [5.74, 6) is 0.508. The van der Waals surface area contributed by atoms with Gasteiger partial charge in [-0.3, -0.25) is 9.59 Å². The lowest BCUT2D eigenvalue weighted by Gasteiger charge is -2.21. The van der Waals surface area contributed by atoms with Crippen LogP contribution in [0.5, 0.6) is 5.75 Å². The predicted molar refractivity (Wildman–Crippen MR) is 114 cm³/mol. The number of halogens is 1. The van der Waals surface area contributed by atoms with Gasteiger partial charge in [-0.2, -0.15) is 0 Å². The zero-order valence-corrected chi connectivity index (χ0v) is 17.7. The van der Waals surface area contributed by atoms with Gasteiger partial charge in [-0.05, 0) is 48.2 Å². The van der Waals surface area contributed by atoms with Crippen LogP contribution in [-0.2, 0) is 24.4 Å². The molecule has 7 nitrogen and oxygen atoms in total. The van der Waals surface area contributed by atoms with E-state index in [1.165, 1.54) is 12.1 Å². The molecule has 0 radical (unpaired) electrons. The van der Waals surface area contributed by atoms with Crippen molar-refractivity contribution in [3.63, 3.8) is 0 Å². The molecule has 0 spiro atoms. The van der Waals surface area contributed by atoms with Gasteiger partial charge in [0, 0.05) is 25.1 Å².